The molecule has 0 bridgehead atoms. The number of amides is 1. The second-order valence-corrected chi connectivity index (χ2v) is 7.79. The van der Waals surface area contributed by atoms with Gasteiger partial charge in [0.25, 0.3) is 0 Å². The van der Waals surface area contributed by atoms with E-state index in [4.69, 9.17) is 0 Å². The van der Waals surface area contributed by atoms with Crippen LogP contribution in [0.25, 0.3) is 0 Å². The molecule has 0 unspecified atom stereocenters. The van der Waals surface area contributed by atoms with Crippen LogP contribution in [0.1, 0.15) is 50.5 Å². The van der Waals surface area contributed by atoms with E-state index in [2.05, 4.69) is 22.3 Å². The lowest BCUT2D eigenvalue weighted by Gasteiger charge is -2.38. The highest BCUT2D eigenvalue weighted by Crippen LogP contribution is 2.31. The van der Waals surface area contributed by atoms with Gasteiger partial charge in [0.05, 0.1) is 12.6 Å². The minimum absolute atomic E-state index is 0.132. The largest absolute Gasteiger partial charge is 0.393 e. The van der Waals surface area contributed by atoms with E-state index in [-0.39, 0.29) is 18.1 Å². The third-order valence-electron chi connectivity index (χ3n) is 5.68. The maximum atomic E-state index is 12.6. The molecule has 1 saturated carbocycles. The summed E-state index contributed by atoms with van der Waals surface area (Å²) in [6.45, 7) is 2.60. The molecular weight excluding hydrogens is 312 g/mol. The Morgan fingerprint density at radius 2 is 1.72 bits per heavy atom. The molecule has 4 nitrogen and oxygen atoms in total. The SMILES string of the molecule is O=C(CN1CCCCCCC1)N[C@@H](Cc1ccccc1)C1CC(O)C1. The van der Waals surface area contributed by atoms with Crippen molar-refractivity contribution in [3.63, 3.8) is 0 Å². The number of carbonyl (C=O) groups is 1. The summed E-state index contributed by atoms with van der Waals surface area (Å²) in [5.74, 6) is 0.536. The second kappa shape index (κ2) is 9.35. The number of hydrogen-bond donors (Lipinski definition) is 2. The average molecular weight is 344 g/mol. The van der Waals surface area contributed by atoms with E-state index in [1.165, 1.54) is 37.7 Å². The molecule has 3 rings (SSSR count). The fourth-order valence-corrected chi connectivity index (χ4v) is 4.09. The summed E-state index contributed by atoms with van der Waals surface area (Å²) < 4.78 is 0. The minimum Gasteiger partial charge on any atom is -0.393 e. The third-order valence-corrected chi connectivity index (χ3v) is 5.68. The molecule has 1 saturated heterocycles. The van der Waals surface area contributed by atoms with Crippen molar-refractivity contribution in [2.75, 3.05) is 19.6 Å². The molecule has 1 aromatic carbocycles. The van der Waals surface area contributed by atoms with Crippen LogP contribution < -0.4 is 5.32 Å². The normalized spacial score (nSPS) is 26.1. The molecule has 1 atom stereocenters. The van der Waals surface area contributed by atoms with Gasteiger partial charge in [0.2, 0.25) is 5.91 Å². The standard InChI is InChI=1S/C21H32N2O2/c24-19-14-18(15-19)20(13-17-9-5-4-6-10-17)22-21(25)16-23-11-7-2-1-3-8-12-23/h4-6,9-10,18-20,24H,1-3,7-8,11-16H2,(H,22,25)/t18?,19?,20-/m0/s1. The van der Waals surface area contributed by atoms with Gasteiger partial charge >= 0.3 is 0 Å². The van der Waals surface area contributed by atoms with Gasteiger partial charge in [-0.1, -0.05) is 49.6 Å². The quantitative estimate of drug-likeness (QED) is 0.834. The number of rotatable bonds is 6. The maximum Gasteiger partial charge on any atom is 0.234 e. The molecule has 0 radical (unpaired) electrons. The highest BCUT2D eigenvalue weighted by molar-refractivity contribution is 5.78. The van der Waals surface area contributed by atoms with E-state index in [9.17, 15) is 9.90 Å². The van der Waals surface area contributed by atoms with E-state index in [0.29, 0.717) is 12.5 Å². The number of carbonyl (C=O) groups excluding carboxylic acids is 1. The van der Waals surface area contributed by atoms with Gasteiger partial charge in [0.15, 0.2) is 0 Å². The van der Waals surface area contributed by atoms with Crippen LogP contribution in [-0.4, -0.2) is 47.7 Å². The molecule has 1 aliphatic heterocycles. The fraction of sp³-hybridized carbons (Fsp3) is 0.667. The van der Waals surface area contributed by atoms with Crippen LogP contribution >= 0.6 is 0 Å². The summed E-state index contributed by atoms with van der Waals surface area (Å²) in [6, 6.07) is 10.5. The Labute approximate surface area is 151 Å². The van der Waals surface area contributed by atoms with Crippen molar-refractivity contribution in [3.8, 4) is 0 Å². The van der Waals surface area contributed by atoms with Crippen LogP contribution in [0, 0.1) is 5.92 Å². The summed E-state index contributed by atoms with van der Waals surface area (Å²) in [7, 11) is 0. The first kappa shape index (κ1) is 18.4. The molecule has 1 heterocycles. The van der Waals surface area contributed by atoms with Crippen molar-refractivity contribution in [1.82, 2.24) is 10.2 Å². The number of benzene rings is 1. The van der Waals surface area contributed by atoms with Crippen LogP contribution in [0.3, 0.4) is 0 Å². The molecule has 1 amide bonds. The van der Waals surface area contributed by atoms with Gasteiger partial charge in [-0.3, -0.25) is 9.69 Å². The summed E-state index contributed by atoms with van der Waals surface area (Å²) in [6.07, 6.45) is 8.60. The van der Waals surface area contributed by atoms with Crippen molar-refractivity contribution in [3.05, 3.63) is 35.9 Å². The van der Waals surface area contributed by atoms with Gasteiger partial charge in [-0.25, -0.2) is 0 Å². The average Bonchev–Trinajstić information content (AvgIpc) is 2.55. The molecule has 25 heavy (non-hydrogen) atoms. The molecule has 2 aliphatic rings. The summed E-state index contributed by atoms with van der Waals surface area (Å²) in [5.41, 5.74) is 1.25. The monoisotopic (exact) mass is 344 g/mol. The number of aliphatic hydroxyl groups is 1. The zero-order chi connectivity index (χ0) is 17.5. The molecule has 0 spiro atoms. The van der Waals surface area contributed by atoms with E-state index >= 15 is 0 Å². The molecule has 2 N–H and O–H groups in total. The van der Waals surface area contributed by atoms with Gasteiger partial charge in [0, 0.05) is 6.04 Å². The summed E-state index contributed by atoms with van der Waals surface area (Å²) in [5, 5.41) is 12.9. The molecule has 1 aromatic rings. The molecular formula is C21H32N2O2. The van der Waals surface area contributed by atoms with E-state index in [1.807, 2.05) is 18.2 Å². The zero-order valence-electron chi connectivity index (χ0n) is 15.2. The molecule has 1 aliphatic carbocycles. The fourth-order valence-electron chi connectivity index (χ4n) is 4.09. The van der Waals surface area contributed by atoms with Crippen LogP contribution in [0.15, 0.2) is 30.3 Å². The van der Waals surface area contributed by atoms with Gasteiger partial charge < -0.3 is 10.4 Å². The number of aliphatic hydroxyl groups excluding tert-OH is 1. The van der Waals surface area contributed by atoms with Crippen LogP contribution in [-0.2, 0) is 11.2 Å². The highest BCUT2D eigenvalue weighted by Gasteiger charge is 2.34. The lowest BCUT2D eigenvalue weighted by Crippen LogP contribution is -2.50. The van der Waals surface area contributed by atoms with E-state index in [0.717, 1.165) is 32.4 Å². The first-order valence-electron chi connectivity index (χ1n) is 9.94. The summed E-state index contributed by atoms with van der Waals surface area (Å²) in [4.78, 5) is 14.9. The molecule has 138 valence electrons. The smallest absolute Gasteiger partial charge is 0.234 e. The lowest BCUT2D eigenvalue weighted by molar-refractivity contribution is -0.124. The Hall–Kier alpha value is -1.39. The Morgan fingerprint density at radius 3 is 2.36 bits per heavy atom. The molecule has 2 fully saturated rings. The second-order valence-electron chi connectivity index (χ2n) is 7.79. The Bertz CT molecular complexity index is 520. The first-order chi connectivity index (χ1) is 12.2. The Balaban J connectivity index is 1.54. The maximum absolute atomic E-state index is 12.6. The van der Waals surface area contributed by atoms with Crippen molar-refractivity contribution in [2.45, 2.75) is 63.5 Å². The molecule has 0 aromatic heterocycles. The number of nitrogens with one attached hydrogen (secondary N) is 1. The van der Waals surface area contributed by atoms with Crippen molar-refractivity contribution in [2.24, 2.45) is 5.92 Å². The number of nitrogens with zero attached hydrogens (tertiary/aromatic N) is 1. The summed E-state index contributed by atoms with van der Waals surface area (Å²) >= 11 is 0. The number of likely N-dealkylation sites (tertiary alicyclic amines) is 1. The van der Waals surface area contributed by atoms with Crippen molar-refractivity contribution in [1.29, 1.82) is 0 Å². The van der Waals surface area contributed by atoms with E-state index < -0.39 is 0 Å². The lowest BCUT2D eigenvalue weighted by atomic mass is 9.75. The van der Waals surface area contributed by atoms with Crippen molar-refractivity contribution >= 4 is 5.91 Å². The Morgan fingerprint density at radius 1 is 1.08 bits per heavy atom. The minimum atomic E-state index is -0.186. The van der Waals surface area contributed by atoms with Crippen LogP contribution in [0.2, 0.25) is 0 Å². The van der Waals surface area contributed by atoms with Crippen LogP contribution in [0.5, 0.6) is 0 Å². The zero-order valence-corrected chi connectivity index (χ0v) is 15.2. The highest BCUT2D eigenvalue weighted by atomic mass is 16.3. The van der Waals surface area contributed by atoms with Gasteiger partial charge in [-0.2, -0.15) is 0 Å². The third kappa shape index (κ3) is 5.82. The predicted octanol–water partition coefficient (Wildman–Crippen LogP) is 2.75. The van der Waals surface area contributed by atoms with Gasteiger partial charge in [-0.05, 0) is 56.7 Å². The van der Waals surface area contributed by atoms with Gasteiger partial charge in [0.1, 0.15) is 0 Å². The van der Waals surface area contributed by atoms with Gasteiger partial charge in [-0.15, -0.1) is 0 Å². The first-order valence-corrected chi connectivity index (χ1v) is 9.94. The Kier molecular flexibility index (Phi) is 6.88. The topological polar surface area (TPSA) is 52.6 Å². The van der Waals surface area contributed by atoms with Crippen LogP contribution in [0.4, 0.5) is 0 Å². The number of hydrogen-bond acceptors (Lipinski definition) is 3. The molecule has 4 heteroatoms. The van der Waals surface area contributed by atoms with E-state index in [1.54, 1.807) is 0 Å². The predicted molar refractivity (Wildman–Crippen MR) is 100 cm³/mol. The van der Waals surface area contributed by atoms with Crippen molar-refractivity contribution < 1.29 is 9.90 Å².